The molecule has 1 atom stereocenters. The number of rotatable bonds is 6. The van der Waals surface area contributed by atoms with Crippen LogP contribution in [0.2, 0.25) is 0 Å². The Morgan fingerprint density at radius 3 is 2.40 bits per heavy atom. The fraction of sp³-hybridized carbons (Fsp3) is 0.185. The topological polar surface area (TPSA) is 60.3 Å². The zero-order valence-electron chi connectivity index (χ0n) is 19.1. The number of carbonyl (C=O) groups excluding carboxylic acids is 2. The first kappa shape index (κ1) is 24.1. The summed E-state index contributed by atoms with van der Waals surface area (Å²) in [4.78, 5) is 24.8. The molecule has 1 N–H and O–H groups in total. The number of methoxy groups -OCH3 is 1. The molecule has 5 nitrogen and oxygen atoms in total. The van der Waals surface area contributed by atoms with Crippen LogP contribution in [-0.2, 0) is 17.5 Å². The van der Waals surface area contributed by atoms with Crippen molar-refractivity contribution in [3.8, 4) is 0 Å². The van der Waals surface area contributed by atoms with E-state index in [1.165, 1.54) is 13.2 Å². The number of aromatic nitrogens is 1. The first-order valence-corrected chi connectivity index (χ1v) is 10.9. The second-order valence-electron chi connectivity index (χ2n) is 8.19. The second kappa shape index (κ2) is 9.66. The zero-order valence-corrected chi connectivity index (χ0v) is 19.1. The molecule has 0 spiro atoms. The lowest BCUT2D eigenvalue weighted by Gasteiger charge is -2.16. The van der Waals surface area contributed by atoms with Crippen LogP contribution in [-0.4, -0.2) is 23.6 Å². The Labute approximate surface area is 200 Å². The van der Waals surface area contributed by atoms with Crippen LogP contribution in [0.25, 0.3) is 10.9 Å². The van der Waals surface area contributed by atoms with Crippen LogP contribution in [0.4, 0.5) is 13.2 Å². The van der Waals surface area contributed by atoms with Crippen molar-refractivity contribution in [2.24, 2.45) is 0 Å². The van der Waals surface area contributed by atoms with Crippen molar-refractivity contribution < 1.29 is 27.5 Å². The number of benzene rings is 3. The van der Waals surface area contributed by atoms with Crippen LogP contribution < -0.4 is 5.32 Å². The zero-order chi connectivity index (χ0) is 25.2. The monoisotopic (exact) mass is 480 g/mol. The first-order valence-electron chi connectivity index (χ1n) is 10.9. The molecule has 1 aromatic heterocycles. The van der Waals surface area contributed by atoms with Gasteiger partial charge in [-0.1, -0.05) is 36.4 Å². The maximum absolute atomic E-state index is 13.2. The average Bonchev–Trinajstić information content (AvgIpc) is 3.26. The van der Waals surface area contributed by atoms with Gasteiger partial charge in [-0.3, -0.25) is 4.79 Å². The van der Waals surface area contributed by atoms with Gasteiger partial charge in [0, 0.05) is 18.1 Å². The van der Waals surface area contributed by atoms with Gasteiger partial charge in [-0.15, -0.1) is 0 Å². The SMILES string of the molecule is COC(=O)c1ccc(C(C)NC(=O)c2cccc3ccn(Cc4cccc(C(F)(F)F)c4)c23)cc1. The summed E-state index contributed by atoms with van der Waals surface area (Å²) in [5.41, 5.74) is 2.03. The summed E-state index contributed by atoms with van der Waals surface area (Å²) in [5, 5.41) is 3.77. The summed E-state index contributed by atoms with van der Waals surface area (Å²) >= 11 is 0. The van der Waals surface area contributed by atoms with Gasteiger partial charge in [0.05, 0.1) is 35.4 Å². The number of amides is 1. The van der Waals surface area contributed by atoms with Gasteiger partial charge in [-0.2, -0.15) is 13.2 Å². The maximum Gasteiger partial charge on any atom is 0.416 e. The highest BCUT2D eigenvalue weighted by molar-refractivity contribution is 6.06. The predicted octanol–water partition coefficient (Wildman–Crippen LogP) is 5.99. The minimum atomic E-state index is -4.43. The molecule has 0 bridgehead atoms. The maximum atomic E-state index is 13.2. The Hall–Kier alpha value is -4.07. The summed E-state index contributed by atoms with van der Waals surface area (Å²) < 4.78 is 45.9. The lowest BCUT2D eigenvalue weighted by molar-refractivity contribution is -0.137. The van der Waals surface area contributed by atoms with E-state index in [0.717, 1.165) is 23.1 Å². The molecule has 0 aliphatic rings. The Morgan fingerprint density at radius 2 is 1.71 bits per heavy atom. The number of hydrogen-bond donors (Lipinski definition) is 1. The van der Waals surface area contributed by atoms with Crippen LogP contribution in [0, 0.1) is 0 Å². The number of alkyl halides is 3. The molecule has 0 fully saturated rings. The largest absolute Gasteiger partial charge is 0.465 e. The van der Waals surface area contributed by atoms with Crippen LogP contribution in [0.1, 0.15) is 50.4 Å². The molecule has 0 saturated carbocycles. The van der Waals surface area contributed by atoms with Crippen molar-refractivity contribution in [1.82, 2.24) is 9.88 Å². The van der Waals surface area contributed by atoms with Gasteiger partial charge < -0.3 is 14.6 Å². The Morgan fingerprint density at radius 1 is 1.00 bits per heavy atom. The number of nitrogens with zero attached hydrogens (tertiary/aromatic N) is 1. The molecule has 0 aliphatic carbocycles. The number of fused-ring (bicyclic) bond motifs is 1. The number of hydrogen-bond acceptors (Lipinski definition) is 3. The smallest absolute Gasteiger partial charge is 0.416 e. The van der Waals surface area contributed by atoms with Crippen molar-refractivity contribution in [2.75, 3.05) is 7.11 Å². The van der Waals surface area contributed by atoms with E-state index in [1.54, 1.807) is 53.2 Å². The fourth-order valence-corrected chi connectivity index (χ4v) is 4.00. The summed E-state index contributed by atoms with van der Waals surface area (Å²) in [7, 11) is 1.31. The summed E-state index contributed by atoms with van der Waals surface area (Å²) in [6.07, 6.45) is -2.67. The molecule has 4 aromatic rings. The molecule has 1 amide bonds. The van der Waals surface area contributed by atoms with Gasteiger partial charge in [-0.25, -0.2) is 4.79 Å². The van der Waals surface area contributed by atoms with Crippen molar-refractivity contribution in [3.63, 3.8) is 0 Å². The molecule has 180 valence electrons. The van der Waals surface area contributed by atoms with Crippen molar-refractivity contribution in [3.05, 3.63) is 107 Å². The van der Waals surface area contributed by atoms with Gasteiger partial charge in [-0.05, 0) is 54.4 Å². The third kappa shape index (κ3) is 5.21. The molecule has 35 heavy (non-hydrogen) atoms. The highest BCUT2D eigenvalue weighted by Crippen LogP contribution is 2.30. The van der Waals surface area contributed by atoms with Crippen molar-refractivity contribution >= 4 is 22.8 Å². The van der Waals surface area contributed by atoms with Gasteiger partial charge in [0.25, 0.3) is 5.91 Å². The highest BCUT2D eigenvalue weighted by Gasteiger charge is 2.30. The quantitative estimate of drug-likeness (QED) is 0.345. The predicted molar refractivity (Wildman–Crippen MR) is 126 cm³/mol. The number of para-hydroxylation sites is 1. The van der Waals surface area contributed by atoms with E-state index in [9.17, 15) is 22.8 Å². The van der Waals surface area contributed by atoms with Crippen LogP contribution >= 0.6 is 0 Å². The normalized spacial score (nSPS) is 12.4. The first-order chi connectivity index (χ1) is 16.7. The van der Waals surface area contributed by atoms with Gasteiger partial charge in [0.15, 0.2) is 0 Å². The lowest BCUT2D eigenvalue weighted by atomic mass is 10.0. The third-order valence-corrected chi connectivity index (χ3v) is 5.82. The van der Waals surface area contributed by atoms with Gasteiger partial charge >= 0.3 is 12.1 Å². The van der Waals surface area contributed by atoms with Gasteiger partial charge in [0.1, 0.15) is 0 Å². The Kier molecular flexibility index (Phi) is 6.64. The average molecular weight is 480 g/mol. The number of ether oxygens (including phenoxy) is 1. The van der Waals surface area contributed by atoms with E-state index in [2.05, 4.69) is 5.32 Å². The highest BCUT2D eigenvalue weighted by atomic mass is 19.4. The minimum absolute atomic E-state index is 0.183. The molecule has 0 saturated heterocycles. The van der Waals surface area contributed by atoms with E-state index >= 15 is 0 Å². The minimum Gasteiger partial charge on any atom is -0.465 e. The molecular weight excluding hydrogens is 457 g/mol. The van der Waals surface area contributed by atoms with E-state index in [0.29, 0.717) is 22.2 Å². The van der Waals surface area contributed by atoms with E-state index in [4.69, 9.17) is 4.74 Å². The van der Waals surface area contributed by atoms with Gasteiger partial charge in [0.2, 0.25) is 0 Å². The van der Waals surface area contributed by atoms with Crippen LogP contribution in [0.5, 0.6) is 0 Å². The number of nitrogens with one attached hydrogen (secondary N) is 1. The summed E-state index contributed by atoms with van der Waals surface area (Å²) in [6, 6.07) is 18.7. The summed E-state index contributed by atoms with van der Waals surface area (Å²) in [6.45, 7) is 2.01. The van der Waals surface area contributed by atoms with Crippen LogP contribution in [0.15, 0.2) is 79.0 Å². The molecule has 3 aromatic carbocycles. The molecule has 8 heteroatoms. The van der Waals surface area contributed by atoms with Crippen LogP contribution in [0.3, 0.4) is 0 Å². The number of halogens is 3. The fourth-order valence-electron chi connectivity index (χ4n) is 4.00. The summed E-state index contributed by atoms with van der Waals surface area (Å²) in [5.74, 6) is -0.759. The standard InChI is InChI=1S/C27H23F3N2O3/c1-17(19-9-11-21(12-10-19)26(34)35-2)31-25(33)23-8-4-6-20-13-14-32(24(20)23)16-18-5-3-7-22(15-18)27(28,29)30/h3-15,17H,16H2,1-2H3,(H,31,33). The molecule has 0 aliphatic heterocycles. The molecule has 4 rings (SSSR count). The molecule has 1 unspecified atom stereocenters. The molecular formula is C27H23F3N2O3. The number of carbonyl (C=O) groups is 2. The Balaban J connectivity index is 1.59. The Bertz CT molecular complexity index is 1370. The second-order valence-corrected chi connectivity index (χ2v) is 8.19. The van der Waals surface area contributed by atoms with E-state index in [1.807, 2.05) is 19.1 Å². The van der Waals surface area contributed by atoms with Crippen molar-refractivity contribution in [1.29, 1.82) is 0 Å². The van der Waals surface area contributed by atoms with E-state index in [-0.39, 0.29) is 18.5 Å². The number of esters is 1. The lowest BCUT2D eigenvalue weighted by Crippen LogP contribution is -2.27. The molecule has 0 radical (unpaired) electrons. The molecule has 1 heterocycles. The van der Waals surface area contributed by atoms with Crippen molar-refractivity contribution in [2.45, 2.75) is 25.7 Å². The van der Waals surface area contributed by atoms with E-state index < -0.39 is 17.7 Å². The third-order valence-electron chi connectivity index (χ3n) is 5.82.